The van der Waals surface area contributed by atoms with Gasteiger partial charge in [0.15, 0.2) is 17.9 Å². The number of nitrogens with two attached hydrogens (primary N) is 6. The van der Waals surface area contributed by atoms with Crippen molar-refractivity contribution in [2.75, 3.05) is 53.0 Å². The molecule has 54 heavy (non-hydrogen) atoms. The molecule has 0 aromatic heterocycles. The van der Waals surface area contributed by atoms with Crippen LogP contribution in [0, 0.1) is 46.3 Å². The molecule has 12 N–H and O–H groups in total. The first-order valence-corrected chi connectivity index (χ1v) is 20.6. The van der Waals surface area contributed by atoms with E-state index >= 15 is 0 Å². The lowest BCUT2D eigenvalue weighted by molar-refractivity contribution is -0.226. The fourth-order valence-electron chi connectivity index (χ4n) is 11.6. The quantitative estimate of drug-likeness (QED) is 0.0687. The van der Waals surface area contributed by atoms with E-state index in [1.54, 1.807) is 0 Å². The SMILES string of the molecule is C[C@H](CCCN(C)Cc1ccccc1)[C@H]1CCC2C3C(C[C@H](OCCN=C(N)N)[C@@]21C)[C@@]1(C)CC[C@@H](OCCN=C(N)N)CC1C[C@H]3OCCN=C(N)N. The molecule has 4 saturated carbocycles. The highest BCUT2D eigenvalue weighted by molar-refractivity contribution is 5.76. The first-order chi connectivity index (χ1) is 25.8. The molecule has 13 heteroatoms. The monoisotopic (exact) mass is 753 g/mol. The zero-order valence-corrected chi connectivity index (χ0v) is 33.6. The largest absolute Gasteiger partial charge is 0.376 e. The van der Waals surface area contributed by atoms with Crippen molar-refractivity contribution < 1.29 is 14.2 Å². The summed E-state index contributed by atoms with van der Waals surface area (Å²) in [5, 5.41) is 0. The van der Waals surface area contributed by atoms with Crippen LogP contribution in [0.1, 0.15) is 84.1 Å². The molecule has 11 atom stereocenters. The third kappa shape index (κ3) is 10.2. The molecule has 13 nitrogen and oxygen atoms in total. The van der Waals surface area contributed by atoms with E-state index in [0.717, 1.165) is 45.2 Å². The average Bonchev–Trinajstić information content (AvgIpc) is 3.48. The summed E-state index contributed by atoms with van der Waals surface area (Å²) in [6.07, 6.45) is 10.4. The van der Waals surface area contributed by atoms with Gasteiger partial charge in [0.05, 0.1) is 57.8 Å². The maximum Gasteiger partial charge on any atom is 0.185 e. The molecule has 4 aliphatic carbocycles. The van der Waals surface area contributed by atoms with Gasteiger partial charge in [-0.2, -0.15) is 0 Å². The van der Waals surface area contributed by atoms with Crippen molar-refractivity contribution in [1.29, 1.82) is 0 Å². The predicted octanol–water partition coefficient (Wildman–Crippen LogP) is 3.39. The van der Waals surface area contributed by atoms with Gasteiger partial charge in [0.1, 0.15) is 0 Å². The summed E-state index contributed by atoms with van der Waals surface area (Å²) in [7, 11) is 2.24. The lowest BCUT2D eigenvalue weighted by Crippen LogP contribution is -2.63. The van der Waals surface area contributed by atoms with Crippen molar-refractivity contribution in [3.05, 3.63) is 35.9 Å². The van der Waals surface area contributed by atoms with Gasteiger partial charge in [-0.15, -0.1) is 0 Å². The van der Waals surface area contributed by atoms with Gasteiger partial charge in [0.2, 0.25) is 0 Å². The van der Waals surface area contributed by atoms with E-state index in [1.165, 1.54) is 31.2 Å². The van der Waals surface area contributed by atoms with Crippen LogP contribution in [-0.2, 0) is 20.8 Å². The van der Waals surface area contributed by atoms with Crippen molar-refractivity contribution in [1.82, 2.24) is 4.90 Å². The number of hydrogen-bond donors (Lipinski definition) is 6. The minimum atomic E-state index is 0.00477. The van der Waals surface area contributed by atoms with Gasteiger partial charge in [0, 0.05) is 12.0 Å². The van der Waals surface area contributed by atoms with Crippen molar-refractivity contribution in [2.45, 2.75) is 103 Å². The summed E-state index contributed by atoms with van der Waals surface area (Å²) in [5.74, 6) is 3.27. The minimum Gasteiger partial charge on any atom is -0.376 e. The first-order valence-electron chi connectivity index (χ1n) is 20.6. The molecular weight excluding hydrogens is 681 g/mol. The van der Waals surface area contributed by atoms with Gasteiger partial charge < -0.3 is 53.5 Å². The van der Waals surface area contributed by atoms with E-state index in [4.69, 9.17) is 48.6 Å². The molecule has 1 aromatic rings. The zero-order chi connectivity index (χ0) is 38.9. The van der Waals surface area contributed by atoms with Crippen LogP contribution in [-0.4, -0.2) is 94.1 Å². The predicted molar refractivity (Wildman–Crippen MR) is 218 cm³/mol. The third-order valence-corrected chi connectivity index (χ3v) is 14.1. The Kier molecular flexibility index (Phi) is 14.9. The Bertz CT molecular complexity index is 1400. The van der Waals surface area contributed by atoms with Crippen LogP contribution < -0.4 is 34.4 Å². The second kappa shape index (κ2) is 19.1. The summed E-state index contributed by atoms with van der Waals surface area (Å²) in [6, 6.07) is 10.8. The Hall–Kier alpha value is -3.13. The maximum atomic E-state index is 7.01. The molecule has 0 aliphatic heterocycles. The normalized spacial score (nSPS) is 33.6. The average molecular weight is 753 g/mol. The molecule has 1 aromatic carbocycles. The van der Waals surface area contributed by atoms with E-state index in [-0.39, 0.29) is 47.0 Å². The summed E-state index contributed by atoms with van der Waals surface area (Å²) in [4.78, 5) is 15.1. The lowest BCUT2D eigenvalue weighted by Gasteiger charge is -2.64. The Balaban J connectivity index is 1.36. The Labute approximate surface area is 324 Å². The van der Waals surface area contributed by atoms with E-state index in [9.17, 15) is 0 Å². The summed E-state index contributed by atoms with van der Waals surface area (Å²) in [5.41, 5.74) is 35.5. The Morgan fingerprint density at radius 3 is 2.07 bits per heavy atom. The molecule has 4 fully saturated rings. The van der Waals surface area contributed by atoms with Crippen LogP contribution in [0.3, 0.4) is 0 Å². The highest BCUT2D eigenvalue weighted by Crippen LogP contribution is 2.69. The molecule has 0 amide bonds. The second-order valence-electron chi connectivity index (χ2n) is 17.3. The number of rotatable bonds is 19. The summed E-state index contributed by atoms with van der Waals surface area (Å²) < 4.78 is 20.3. The van der Waals surface area contributed by atoms with Crippen LogP contribution in [0.5, 0.6) is 0 Å². The third-order valence-electron chi connectivity index (χ3n) is 14.1. The number of aliphatic imine (C=N–C) groups is 3. The highest BCUT2D eigenvalue weighted by atomic mass is 16.5. The van der Waals surface area contributed by atoms with E-state index in [2.05, 4.69) is 78.0 Å². The molecule has 0 spiro atoms. The number of guanidine groups is 3. The number of fused-ring (bicyclic) bond motifs is 5. The van der Waals surface area contributed by atoms with Gasteiger partial charge in [-0.25, -0.2) is 0 Å². The lowest BCUT2D eigenvalue weighted by atomic mass is 9.43. The van der Waals surface area contributed by atoms with E-state index in [1.807, 2.05) is 0 Å². The van der Waals surface area contributed by atoms with Crippen molar-refractivity contribution in [2.24, 2.45) is 95.7 Å². The molecule has 4 unspecified atom stereocenters. The van der Waals surface area contributed by atoms with Crippen LogP contribution in [0.25, 0.3) is 0 Å². The molecule has 0 heterocycles. The van der Waals surface area contributed by atoms with Gasteiger partial charge in [-0.3, -0.25) is 15.0 Å². The number of ether oxygens (including phenoxy) is 3. The second-order valence-corrected chi connectivity index (χ2v) is 17.3. The topological polar surface area (TPSA) is 224 Å². The van der Waals surface area contributed by atoms with Crippen molar-refractivity contribution in [3.8, 4) is 0 Å². The van der Waals surface area contributed by atoms with Crippen LogP contribution in [0.4, 0.5) is 0 Å². The van der Waals surface area contributed by atoms with Crippen LogP contribution in [0.2, 0.25) is 0 Å². The van der Waals surface area contributed by atoms with Crippen molar-refractivity contribution >= 4 is 17.9 Å². The van der Waals surface area contributed by atoms with Crippen LogP contribution in [0.15, 0.2) is 45.3 Å². The molecule has 304 valence electrons. The maximum absolute atomic E-state index is 7.01. The zero-order valence-electron chi connectivity index (χ0n) is 33.6. The van der Waals surface area contributed by atoms with Gasteiger partial charge >= 0.3 is 0 Å². The molecule has 0 radical (unpaired) electrons. The molecular formula is C41H72N10O3. The molecule has 5 rings (SSSR count). The standard InChI is InChI=1S/C41H72N10O3/c1-27(9-8-19-51(4)26-28-10-6-5-7-11-28)31-12-13-32-36-33(25-35(41(31,32)3)54-22-18-50-39(46)47)40(2)15-14-30(52-20-16-48-37(42)43)23-29(40)24-34(36)53-21-17-49-38(44)45/h5-7,10-11,27,29-36H,8-9,12-26H2,1-4H3,(H4,42,43,48)(H4,44,45,49)(H4,46,47,50)/t27-,29?,30-,31-,32?,33?,34-,35+,36?,40+,41-/m1/s1. The fourth-order valence-corrected chi connectivity index (χ4v) is 11.6. The van der Waals surface area contributed by atoms with Crippen LogP contribution >= 0.6 is 0 Å². The van der Waals surface area contributed by atoms with E-state index < -0.39 is 0 Å². The number of nitrogens with zero attached hydrogens (tertiary/aromatic N) is 4. The van der Waals surface area contributed by atoms with Gasteiger partial charge in [-0.1, -0.05) is 51.1 Å². The first kappa shape index (κ1) is 42.0. The minimum absolute atomic E-state index is 0.00477. The van der Waals surface area contributed by atoms with Gasteiger partial charge in [0.25, 0.3) is 0 Å². The fraction of sp³-hybridized carbons (Fsp3) is 0.780. The summed E-state index contributed by atoms with van der Waals surface area (Å²) >= 11 is 0. The van der Waals surface area contributed by atoms with Crippen molar-refractivity contribution in [3.63, 3.8) is 0 Å². The van der Waals surface area contributed by atoms with Gasteiger partial charge in [-0.05, 0) is 118 Å². The van der Waals surface area contributed by atoms with E-state index in [0.29, 0.717) is 75.0 Å². The number of hydrogen-bond acceptors (Lipinski definition) is 7. The highest BCUT2D eigenvalue weighted by Gasteiger charge is 2.66. The molecule has 4 aliphatic rings. The summed E-state index contributed by atoms with van der Waals surface area (Å²) in [6.45, 7) is 12.6. The number of benzene rings is 1. The molecule has 0 bridgehead atoms. The molecule has 0 saturated heterocycles. The Morgan fingerprint density at radius 1 is 0.796 bits per heavy atom. The Morgan fingerprint density at radius 2 is 1.43 bits per heavy atom. The smallest absolute Gasteiger partial charge is 0.185 e.